The summed E-state index contributed by atoms with van der Waals surface area (Å²) in [7, 11) is 13.8. The first-order chi connectivity index (χ1) is 34.7. The van der Waals surface area contributed by atoms with Gasteiger partial charge in [0.2, 0.25) is 0 Å². The zero-order valence-corrected chi connectivity index (χ0v) is 43.1. The molecule has 0 aliphatic carbocycles. The van der Waals surface area contributed by atoms with E-state index in [1.165, 1.54) is 7.11 Å². The lowest BCUT2D eigenvalue weighted by Crippen LogP contribution is -2.53. The van der Waals surface area contributed by atoms with Gasteiger partial charge in [0.25, 0.3) is 0 Å². The van der Waals surface area contributed by atoms with Crippen LogP contribution in [0.5, 0.6) is 34.5 Å². The predicted octanol–water partition coefficient (Wildman–Crippen LogP) is 4.90. The molecule has 0 saturated heterocycles. The van der Waals surface area contributed by atoms with Crippen molar-refractivity contribution in [3.63, 3.8) is 0 Å². The van der Waals surface area contributed by atoms with E-state index in [0.717, 1.165) is 58.5 Å². The summed E-state index contributed by atoms with van der Waals surface area (Å²) in [6, 6.07) is 13.4. The van der Waals surface area contributed by atoms with Crippen LogP contribution in [0.1, 0.15) is 86.1 Å². The average Bonchev–Trinajstić information content (AvgIpc) is 3.40. The van der Waals surface area contributed by atoms with E-state index in [1.54, 1.807) is 35.5 Å². The summed E-state index contributed by atoms with van der Waals surface area (Å²) in [4.78, 5) is 25.8. The fraction of sp³-hybridized carbons (Fsp3) is 0.491. The van der Waals surface area contributed by atoms with Crippen molar-refractivity contribution in [2.24, 2.45) is 0 Å². The molecule has 0 spiro atoms. The maximum atomic E-state index is 12.9. The number of likely N-dealkylation sites (N-methyl/N-ethyl adjacent to an activating group) is 2. The predicted molar refractivity (Wildman–Crippen MR) is 267 cm³/mol. The number of hydrogen-bond acceptors (Lipinski definition) is 15. The number of ether oxygens (including phenoxy) is 8. The fourth-order valence-corrected chi connectivity index (χ4v) is 10.9. The van der Waals surface area contributed by atoms with Crippen molar-refractivity contribution >= 4 is 11.9 Å². The van der Waals surface area contributed by atoms with Crippen LogP contribution < -0.4 is 28.4 Å². The highest BCUT2D eigenvalue weighted by Crippen LogP contribution is 2.47. The number of rotatable bonds is 25. The van der Waals surface area contributed by atoms with Gasteiger partial charge >= 0.3 is 11.9 Å². The summed E-state index contributed by atoms with van der Waals surface area (Å²) in [5, 5.41) is 51.2. The first-order valence-corrected chi connectivity index (χ1v) is 24.4. The minimum atomic E-state index is -0.673. The normalized spacial score (nSPS) is 19.3. The molecule has 4 atom stereocenters. The van der Waals surface area contributed by atoms with Crippen molar-refractivity contribution in [3.05, 3.63) is 116 Å². The van der Waals surface area contributed by atoms with Gasteiger partial charge in [-0.25, -0.2) is 9.59 Å². The Hall–Kier alpha value is -5.92. The molecule has 2 heterocycles. The Balaban J connectivity index is 1.09. The van der Waals surface area contributed by atoms with E-state index in [9.17, 15) is 35.1 Å². The smallest absolute Gasteiger partial charge is 0.331 e. The third-order valence-corrected chi connectivity index (χ3v) is 14.8. The first-order valence-electron chi connectivity index (χ1n) is 24.4. The minimum absolute atomic E-state index is 0.0410. The second-order valence-electron chi connectivity index (χ2n) is 18.9. The zero-order chi connectivity index (χ0) is 52.2. The zero-order valence-electron chi connectivity index (χ0n) is 43.1. The number of benzene rings is 4. The highest BCUT2D eigenvalue weighted by molar-refractivity contribution is 5.91. The van der Waals surface area contributed by atoms with E-state index < -0.39 is 11.9 Å². The number of aliphatic hydroxyl groups is 5. The minimum Gasteiger partial charge on any atom is -0.496 e. The third kappa shape index (κ3) is 12.1. The first kappa shape index (κ1) is 55.4. The average molecular weight is 1000 g/mol. The van der Waals surface area contributed by atoms with E-state index in [1.807, 2.05) is 42.5 Å². The standard InChI is InChI=1S/C55H74N2O15/c1-56(17-13-37-28-48(66-4)49(67-5)29-42(37)45(56)23-36-22-41(32-60)54(69-7)50(26-36)68-6)15-9-19-71-51(63)11-12-52(64)72-20-10-16-57(2)18-14-38-27-40(31-59)44(34-62)55(70-8)53(38)46(57)24-35-21-39(30-58)43(33-61)47(25-35)65-3/h11-12,21-22,25-29,45-46,58-62H,9-10,13-20,23-24,30-34H2,1-8H3/q+2/b12-11-. The van der Waals surface area contributed by atoms with Crippen molar-refractivity contribution in [1.82, 2.24) is 0 Å². The van der Waals surface area contributed by atoms with Crippen LogP contribution >= 0.6 is 0 Å². The summed E-state index contributed by atoms with van der Waals surface area (Å²) in [6.07, 6.45) is 5.76. The topological polar surface area (TPSA) is 209 Å². The van der Waals surface area contributed by atoms with Crippen LogP contribution in [-0.4, -0.2) is 143 Å². The third-order valence-electron chi connectivity index (χ3n) is 14.8. The largest absolute Gasteiger partial charge is 0.496 e. The number of aliphatic hydroxyl groups excluding tert-OH is 5. The number of quaternary nitrogens is 2. The molecule has 0 bridgehead atoms. The highest BCUT2D eigenvalue weighted by atomic mass is 16.5. The molecule has 4 aromatic rings. The number of carbonyl (C=O) groups excluding carboxylic acids is 2. The van der Waals surface area contributed by atoms with Gasteiger partial charge < -0.3 is 72.4 Å². The van der Waals surface area contributed by atoms with Crippen LogP contribution in [-0.2, 0) is 77.8 Å². The quantitative estimate of drug-likeness (QED) is 0.0259. The van der Waals surface area contributed by atoms with Crippen molar-refractivity contribution in [2.45, 2.75) is 83.6 Å². The summed E-state index contributed by atoms with van der Waals surface area (Å²) >= 11 is 0. The second kappa shape index (κ2) is 25.2. The molecule has 0 fully saturated rings. The molecule has 0 aromatic heterocycles. The van der Waals surface area contributed by atoms with Crippen LogP contribution in [0.15, 0.2) is 54.6 Å². The van der Waals surface area contributed by atoms with Crippen LogP contribution in [0.25, 0.3) is 0 Å². The van der Waals surface area contributed by atoms with E-state index in [0.29, 0.717) is 123 Å². The lowest BCUT2D eigenvalue weighted by Gasteiger charge is -2.46. The number of fused-ring (bicyclic) bond motifs is 2. The van der Waals surface area contributed by atoms with Gasteiger partial charge in [0.15, 0.2) is 23.0 Å². The molecule has 4 aromatic carbocycles. The lowest BCUT2D eigenvalue weighted by molar-refractivity contribution is -0.941. The Morgan fingerprint density at radius 2 is 1.01 bits per heavy atom. The summed E-state index contributed by atoms with van der Waals surface area (Å²) in [5.41, 5.74) is 8.82. The number of methoxy groups -OCH3 is 6. The molecule has 0 radical (unpaired) electrons. The van der Waals surface area contributed by atoms with Gasteiger partial charge in [0, 0.05) is 72.9 Å². The van der Waals surface area contributed by atoms with Crippen molar-refractivity contribution in [2.75, 3.05) is 96.1 Å². The maximum Gasteiger partial charge on any atom is 0.331 e. The second-order valence-corrected chi connectivity index (χ2v) is 18.9. The van der Waals surface area contributed by atoms with E-state index in [-0.39, 0.29) is 58.3 Å². The molecule has 72 heavy (non-hydrogen) atoms. The van der Waals surface area contributed by atoms with Crippen LogP contribution in [0, 0.1) is 0 Å². The molecule has 6 rings (SSSR count). The monoisotopic (exact) mass is 1000 g/mol. The Bertz CT molecular complexity index is 2510. The molecule has 2 aliphatic heterocycles. The number of carbonyl (C=O) groups is 2. The van der Waals surface area contributed by atoms with Crippen LogP contribution in [0.2, 0.25) is 0 Å². The van der Waals surface area contributed by atoms with Gasteiger partial charge in [-0.15, -0.1) is 0 Å². The molecule has 2 aliphatic rings. The van der Waals surface area contributed by atoms with Gasteiger partial charge in [0.1, 0.15) is 23.6 Å². The fourth-order valence-electron chi connectivity index (χ4n) is 10.9. The van der Waals surface area contributed by atoms with E-state index in [4.69, 9.17) is 37.9 Å². The molecular formula is C55H74N2O15+2. The SMILES string of the molecule is COc1cc2c(cc1OC)C(Cc1cc(CO)c(OC)c(OC)c1)[N+](C)(CCCOC(=O)/C=C\C(=O)OCCC[N+]1(C)CCc3cc(CO)c(CO)c(OC)c3C1Cc1cc(CO)c(CO)c(OC)c1)CC2. The molecule has 4 unspecified atom stereocenters. The highest BCUT2D eigenvalue weighted by Gasteiger charge is 2.43. The van der Waals surface area contributed by atoms with E-state index in [2.05, 4.69) is 14.1 Å². The molecule has 392 valence electrons. The van der Waals surface area contributed by atoms with Gasteiger partial charge in [0.05, 0.1) is 135 Å². The van der Waals surface area contributed by atoms with Crippen molar-refractivity contribution in [3.8, 4) is 34.5 Å². The molecule has 0 amide bonds. The Labute approximate surface area is 422 Å². The number of esters is 2. The van der Waals surface area contributed by atoms with Gasteiger partial charge in [-0.1, -0.05) is 12.1 Å². The van der Waals surface area contributed by atoms with Crippen molar-refractivity contribution < 1.29 is 82.0 Å². The Morgan fingerprint density at radius 3 is 1.54 bits per heavy atom. The molecule has 5 N–H and O–H groups in total. The summed E-state index contributed by atoms with van der Waals surface area (Å²) in [5.74, 6) is 1.97. The summed E-state index contributed by atoms with van der Waals surface area (Å²) < 4.78 is 46.5. The lowest BCUT2D eigenvalue weighted by atomic mass is 9.82. The Morgan fingerprint density at radius 1 is 0.528 bits per heavy atom. The van der Waals surface area contributed by atoms with Crippen LogP contribution in [0.3, 0.4) is 0 Å². The number of hydrogen-bond donors (Lipinski definition) is 5. The van der Waals surface area contributed by atoms with Gasteiger partial charge in [-0.3, -0.25) is 0 Å². The van der Waals surface area contributed by atoms with E-state index >= 15 is 0 Å². The number of nitrogens with zero attached hydrogens (tertiary/aromatic N) is 2. The molecule has 0 saturated carbocycles. The maximum absolute atomic E-state index is 12.9. The molecular weight excluding hydrogens is 929 g/mol. The van der Waals surface area contributed by atoms with Crippen molar-refractivity contribution in [1.29, 1.82) is 0 Å². The Kier molecular flexibility index (Phi) is 19.4. The molecule has 17 heteroatoms. The van der Waals surface area contributed by atoms with Gasteiger partial charge in [-0.05, 0) is 63.7 Å². The molecule has 17 nitrogen and oxygen atoms in total. The van der Waals surface area contributed by atoms with Crippen LogP contribution in [0.4, 0.5) is 0 Å². The van der Waals surface area contributed by atoms with Gasteiger partial charge in [-0.2, -0.15) is 0 Å². The summed E-state index contributed by atoms with van der Waals surface area (Å²) in [6.45, 7) is 1.62.